The Morgan fingerprint density at radius 3 is 2.87 bits per heavy atom. The van der Waals surface area contributed by atoms with Crippen LogP contribution in [-0.2, 0) is 0 Å². The highest BCUT2D eigenvalue weighted by atomic mass is 35.5. The van der Waals surface area contributed by atoms with Crippen molar-refractivity contribution in [3.63, 3.8) is 0 Å². The smallest absolute Gasteiger partial charge is 0.254 e. The van der Waals surface area contributed by atoms with Crippen LogP contribution in [0.2, 0.25) is 5.02 Å². The summed E-state index contributed by atoms with van der Waals surface area (Å²) >= 11 is 5.57. The van der Waals surface area contributed by atoms with E-state index in [0.29, 0.717) is 0 Å². The van der Waals surface area contributed by atoms with Crippen molar-refractivity contribution in [1.29, 1.82) is 0 Å². The molecule has 82 valence electrons. The van der Waals surface area contributed by atoms with E-state index in [4.69, 9.17) is 11.6 Å². The zero-order valence-corrected chi connectivity index (χ0v) is 9.44. The van der Waals surface area contributed by atoms with Crippen molar-refractivity contribution in [1.82, 2.24) is 5.32 Å². The van der Waals surface area contributed by atoms with Gasteiger partial charge in [-0.1, -0.05) is 24.6 Å². The Labute approximate surface area is 93.4 Å². The quantitative estimate of drug-likeness (QED) is 0.848. The normalized spacial score (nSPS) is 12.3. The maximum Gasteiger partial charge on any atom is 0.254 e. The fourth-order valence-electron chi connectivity index (χ4n) is 1.08. The van der Waals surface area contributed by atoms with Crippen LogP contribution in [-0.4, -0.2) is 11.9 Å². The maximum absolute atomic E-state index is 13.4. The number of hydrogen-bond donors (Lipinski definition) is 1. The molecule has 0 aliphatic carbocycles. The molecule has 0 aliphatic rings. The van der Waals surface area contributed by atoms with Gasteiger partial charge in [0.2, 0.25) is 0 Å². The lowest BCUT2D eigenvalue weighted by molar-refractivity contribution is 0.0935. The van der Waals surface area contributed by atoms with Gasteiger partial charge in [-0.05, 0) is 25.5 Å². The summed E-state index contributed by atoms with van der Waals surface area (Å²) in [5, 5.41) is 2.64. The third kappa shape index (κ3) is 2.93. The van der Waals surface area contributed by atoms with Crippen LogP contribution in [0.1, 0.15) is 30.6 Å². The standard InChI is InChI=1S/C11H13ClFNO/c1-3-7(2)14-11(15)8-5-4-6-9(12)10(8)13/h4-7H,3H2,1-2H3,(H,14,15). The maximum atomic E-state index is 13.4. The zero-order valence-electron chi connectivity index (χ0n) is 8.68. The van der Waals surface area contributed by atoms with Gasteiger partial charge < -0.3 is 5.32 Å². The average Bonchev–Trinajstić information content (AvgIpc) is 2.21. The van der Waals surface area contributed by atoms with Crippen LogP contribution in [0.4, 0.5) is 4.39 Å². The number of carbonyl (C=O) groups excluding carboxylic acids is 1. The van der Waals surface area contributed by atoms with Crippen LogP contribution in [0.25, 0.3) is 0 Å². The minimum absolute atomic E-state index is 0.0113. The Balaban J connectivity index is 2.87. The van der Waals surface area contributed by atoms with Gasteiger partial charge in [-0.2, -0.15) is 0 Å². The molecule has 1 unspecified atom stereocenters. The number of amides is 1. The molecule has 0 aromatic heterocycles. The highest BCUT2D eigenvalue weighted by molar-refractivity contribution is 6.31. The van der Waals surface area contributed by atoms with Gasteiger partial charge in [0.05, 0.1) is 10.6 Å². The lowest BCUT2D eigenvalue weighted by Crippen LogP contribution is -2.32. The highest BCUT2D eigenvalue weighted by Gasteiger charge is 2.14. The molecule has 4 heteroatoms. The van der Waals surface area contributed by atoms with Crippen molar-refractivity contribution in [2.75, 3.05) is 0 Å². The van der Waals surface area contributed by atoms with Gasteiger partial charge in [0.25, 0.3) is 5.91 Å². The molecule has 1 atom stereocenters. The molecular formula is C11H13ClFNO. The van der Waals surface area contributed by atoms with Gasteiger partial charge in [0.15, 0.2) is 5.82 Å². The second-order valence-corrected chi connectivity index (χ2v) is 3.79. The molecule has 0 fully saturated rings. The molecule has 15 heavy (non-hydrogen) atoms. The summed E-state index contributed by atoms with van der Waals surface area (Å²) in [6.45, 7) is 3.81. The molecule has 1 aromatic rings. The summed E-state index contributed by atoms with van der Waals surface area (Å²) < 4.78 is 13.4. The van der Waals surface area contributed by atoms with Crippen molar-refractivity contribution < 1.29 is 9.18 Å². The van der Waals surface area contributed by atoms with E-state index >= 15 is 0 Å². The van der Waals surface area contributed by atoms with E-state index < -0.39 is 11.7 Å². The van der Waals surface area contributed by atoms with Gasteiger partial charge >= 0.3 is 0 Å². The summed E-state index contributed by atoms with van der Waals surface area (Å²) in [5.74, 6) is -1.09. The number of hydrogen-bond acceptors (Lipinski definition) is 1. The molecule has 1 N–H and O–H groups in total. The predicted molar refractivity (Wildman–Crippen MR) is 58.6 cm³/mol. The first kappa shape index (κ1) is 12.0. The average molecular weight is 230 g/mol. The number of rotatable bonds is 3. The Bertz CT molecular complexity index is 368. The van der Waals surface area contributed by atoms with Crippen molar-refractivity contribution in [3.05, 3.63) is 34.6 Å². The van der Waals surface area contributed by atoms with Crippen LogP contribution in [0.5, 0.6) is 0 Å². The highest BCUT2D eigenvalue weighted by Crippen LogP contribution is 2.17. The van der Waals surface area contributed by atoms with E-state index in [1.54, 1.807) is 6.07 Å². The molecule has 0 radical (unpaired) electrons. The Morgan fingerprint density at radius 1 is 1.60 bits per heavy atom. The number of carbonyl (C=O) groups is 1. The first-order valence-corrected chi connectivity index (χ1v) is 5.19. The summed E-state index contributed by atoms with van der Waals surface area (Å²) in [7, 11) is 0. The zero-order chi connectivity index (χ0) is 11.4. The minimum atomic E-state index is -0.667. The van der Waals surface area contributed by atoms with E-state index in [-0.39, 0.29) is 16.6 Å². The fourth-order valence-corrected chi connectivity index (χ4v) is 1.26. The van der Waals surface area contributed by atoms with Gasteiger partial charge in [-0.25, -0.2) is 4.39 Å². The lowest BCUT2D eigenvalue weighted by Gasteiger charge is -2.11. The topological polar surface area (TPSA) is 29.1 Å². The second kappa shape index (κ2) is 5.12. The fraction of sp³-hybridized carbons (Fsp3) is 0.364. The molecule has 1 aromatic carbocycles. The van der Waals surface area contributed by atoms with E-state index in [1.165, 1.54) is 12.1 Å². The van der Waals surface area contributed by atoms with Crippen LogP contribution in [0.3, 0.4) is 0 Å². The predicted octanol–water partition coefficient (Wildman–Crippen LogP) is 3.01. The van der Waals surface area contributed by atoms with E-state index in [0.717, 1.165) is 6.42 Å². The molecule has 2 nitrogen and oxygen atoms in total. The Kier molecular flexibility index (Phi) is 4.09. The Hall–Kier alpha value is -1.09. The number of halogens is 2. The largest absolute Gasteiger partial charge is 0.350 e. The van der Waals surface area contributed by atoms with Gasteiger partial charge in [-0.3, -0.25) is 4.79 Å². The van der Waals surface area contributed by atoms with Crippen molar-refractivity contribution in [3.8, 4) is 0 Å². The van der Waals surface area contributed by atoms with Gasteiger partial charge in [-0.15, -0.1) is 0 Å². The van der Waals surface area contributed by atoms with Crippen LogP contribution in [0.15, 0.2) is 18.2 Å². The summed E-state index contributed by atoms with van der Waals surface area (Å²) in [5.41, 5.74) is -0.0113. The van der Waals surface area contributed by atoms with E-state index in [9.17, 15) is 9.18 Å². The molecule has 0 saturated heterocycles. The SMILES string of the molecule is CCC(C)NC(=O)c1cccc(Cl)c1F. The summed E-state index contributed by atoms with van der Waals surface area (Å²) in [6.07, 6.45) is 0.800. The molecule has 1 amide bonds. The molecule has 1 rings (SSSR count). The molecule has 0 aliphatic heterocycles. The van der Waals surface area contributed by atoms with Crippen LogP contribution >= 0.6 is 11.6 Å². The first-order valence-electron chi connectivity index (χ1n) is 4.81. The molecule has 0 spiro atoms. The van der Waals surface area contributed by atoms with E-state index in [1.807, 2.05) is 13.8 Å². The second-order valence-electron chi connectivity index (χ2n) is 3.38. The van der Waals surface area contributed by atoms with Crippen molar-refractivity contribution >= 4 is 17.5 Å². The molecule has 0 saturated carbocycles. The Morgan fingerprint density at radius 2 is 2.27 bits per heavy atom. The summed E-state index contributed by atoms with van der Waals surface area (Å²) in [4.78, 5) is 11.6. The van der Waals surface area contributed by atoms with Crippen molar-refractivity contribution in [2.45, 2.75) is 26.3 Å². The van der Waals surface area contributed by atoms with Crippen molar-refractivity contribution in [2.24, 2.45) is 0 Å². The molecule has 0 bridgehead atoms. The first-order chi connectivity index (χ1) is 7.06. The minimum Gasteiger partial charge on any atom is -0.350 e. The third-order valence-corrected chi connectivity index (χ3v) is 2.48. The monoisotopic (exact) mass is 229 g/mol. The lowest BCUT2D eigenvalue weighted by atomic mass is 10.1. The molecule has 0 heterocycles. The van der Waals surface area contributed by atoms with Crippen LogP contribution in [0, 0.1) is 5.82 Å². The number of nitrogens with one attached hydrogen (secondary N) is 1. The number of benzene rings is 1. The van der Waals surface area contributed by atoms with E-state index in [2.05, 4.69) is 5.32 Å². The molecular weight excluding hydrogens is 217 g/mol. The third-order valence-electron chi connectivity index (χ3n) is 2.19. The van der Waals surface area contributed by atoms with Gasteiger partial charge in [0.1, 0.15) is 0 Å². The van der Waals surface area contributed by atoms with Crippen LogP contribution < -0.4 is 5.32 Å². The summed E-state index contributed by atoms with van der Waals surface area (Å²) in [6, 6.07) is 4.41. The van der Waals surface area contributed by atoms with Gasteiger partial charge in [0, 0.05) is 6.04 Å².